The third kappa shape index (κ3) is 14.2. The first-order valence-electron chi connectivity index (χ1n) is 19.1. The Bertz CT molecular complexity index is 1280. The molecule has 3 heterocycles. The Labute approximate surface area is 338 Å². The molecule has 3 saturated heterocycles. The molecule has 10 N–H and O–H groups in total. The van der Waals surface area contributed by atoms with E-state index in [0.29, 0.717) is 11.5 Å². The van der Waals surface area contributed by atoms with Crippen molar-refractivity contribution in [3.05, 3.63) is 0 Å². The van der Waals surface area contributed by atoms with Crippen LogP contribution >= 0.6 is 0 Å². The van der Waals surface area contributed by atoms with Crippen molar-refractivity contribution in [3.63, 3.8) is 0 Å². The van der Waals surface area contributed by atoms with E-state index in [1.54, 1.807) is 6.92 Å². The first kappa shape index (κ1) is 50.7. The lowest BCUT2D eigenvalue weighted by Crippen LogP contribution is -2.67. The van der Waals surface area contributed by atoms with Crippen molar-refractivity contribution < 1.29 is 113 Å². The summed E-state index contributed by atoms with van der Waals surface area (Å²) >= 11 is 0. The molecule has 25 heteroatoms. The minimum absolute atomic E-state index is 0.00924. The van der Waals surface area contributed by atoms with Crippen LogP contribution in [0.5, 0.6) is 0 Å². The summed E-state index contributed by atoms with van der Waals surface area (Å²) in [5.41, 5.74) is 0. The number of amides is 2. The van der Waals surface area contributed by atoms with Crippen molar-refractivity contribution in [2.75, 3.05) is 53.3 Å². The molecule has 59 heavy (non-hydrogen) atoms. The van der Waals surface area contributed by atoms with Gasteiger partial charge in [0.05, 0.1) is 39.6 Å². The van der Waals surface area contributed by atoms with Crippen molar-refractivity contribution >= 4 is 24.3 Å². The van der Waals surface area contributed by atoms with Crippen LogP contribution in [-0.2, 0) is 62.0 Å². The van der Waals surface area contributed by atoms with Gasteiger partial charge in [-0.2, -0.15) is 5.06 Å². The number of esters is 1. The zero-order chi connectivity index (χ0) is 43.8. The summed E-state index contributed by atoms with van der Waals surface area (Å²) in [4.78, 5) is 56.7. The predicted molar refractivity (Wildman–Crippen MR) is 187 cm³/mol. The molecule has 0 spiro atoms. The summed E-state index contributed by atoms with van der Waals surface area (Å²) in [6, 6.07) is 0. The number of hydrogen-bond donors (Lipinski definition) is 10. The number of imide groups is 1. The minimum Gasteiger partial charge on any atom is -0.463 e. The van der Waals surface area contributed by atoms with Gasteiger partial charge in [-0.3, -0.25) is 19.2 Å². The van der Waals surface area contributed by atoms with Gasteiger partial charge < -0.3 is 89.1 Å². The van der Waals surface area contributed by atoms with E-state index in [9.17, 15) is 70.2 Å². The summed E-state index contributed by atoms with van der Waals surface area (Å²) in [5, 5.41) is 105. The van der Waals surface area contributed by atoms with E-state index in [4.69, 9.17) is 42.8 Å². The fourth-order valence-electron chi connectivity index (χ4n) is 6.20. The van der Waals surface area contributed by atoms with E-state index >= 15 is 0 Å². The minimum atomic E-state index is -1.97. The van der Waals surface area contributed by atoms with Crippen LogP contribution in [0.15, 0.2) is 0 Å². The second-order valence-corrected chi connectivity index (χ2v) is 13.8. The molecule has 0 aromatic heterocycles. The highest BCUT2D eigenvalue weighted by Crippen LogP contribution is 2.33. The fraction of sp³-hybridized carbons (Fsp3) is 0.882. The van der Waals surface area contributed by atoms with Crippen molar-refractivity contribution in [1.82, 2.24) is 10.1 Å². The lowest BCUT2D eigenvalue weighted by Gasteiger charge is -2.48. The number of aliphatic hydroxyl groups excluding tert-OH is 10. The van der Waals surface area contributed by atoms with Gasteiger partial charge in [-0.05, 0) is 19.3 Å². The van der Waals surface area contributed by atoms with Crippen LogP contribution in [0.1, 0.15) is 45.4 Å². The van der Waals surface area contributed by atoms with Crippen molar-refractivity contribution in [1.29, 1.82) is 0 Å². The van der Waals surface area contributed by atoms with Crippen LogP contribution in [-0.4, -0.2) is 231 Å². The zero-order valence-electron chi connectivity index (χ0n) is 32.6. The van der Waals surface area contributed by atoms with E-state index in [1.165, 1.54) is 7.05 Å². The number of ether oxygens (including phenoxy) is 7. The average Bonchev–Trinajstić information content (AvgIpc) is 3.22. The molecule has 3 fully saturated rings. The molecule has 0 radical (unpaired) electrons. The van der Waals surface area contributed by atoms with Crippen molar-refractivity contribution in [3.8, 4) is 0 Å². The molecule has 25 nitrogen and oxygen atoms in total. The van der Waals surface area contributed by atoms with Gasteiger partial charge >= 0.3 is 11.9 Å². The molecule has 0 bridgehead atoms. The van der Waals surface area contributed by atoms with E-state index < -0.39 is 130 Å². The van der Waals surface area contributed by atoms with Gasteiger partial charge in [0.1, 0.15) is 79.9 Å². The number of hydroxylamine groups is 4. The van der Waals surface area contributed by atoms with Crippen molar-refractivity contribution in [2.24, 2.45) is 0 Å². The standard InChI is InChI=1S/C34H58N2O23/c1-3-6-20(41)36(16-40)59-22(43)8-5-4-7-21(42)52-11-9-51-10-12-53-35(2)32-27(48)26(47)30(19(15-39)54-32)57-34-29(50)31(24(45)18(14-38)56-34)58-33-28(49)25(46)23(44)17(13-37)55-33/h16-19,23-34,37-39,44-50H,3-15H2,1-2H3. The van der Waals surface area contributed by atoms with Crippen molar-refractivity contribution in [2.45, 2.75) is 138 Å². The molecular weight excluding hydrogens is 804 g/mol. The van der Waals surface area contributed by atoms with Crippen LogP contribution in [0.25, 0.3) is 0 Å². The number of rotatable bonds is 23. The van der Waals surface area contributed by atoms with Gasteiger partial charge in [0.2, 0.25) is 0 Å². The maximum Gasteiger partial charge on any atom is 0.333 e. The third-order valence-corrected chi connectivity index (χ3v) is 9.48. The maximum absolute atomic E-state index is 12.0. The maximum atomic E-state index is 12.0. The first-order chi connectivity index (χ1) is 28.1. The summed E-state index contributed by atoms with van der Waals surface area (Å²) < 4.78 is 38.2. The quantitative estimate of drug-likeness (QED) is 0.0198. The molecule has 0 saturated carbocycles. The third-order valence-electron chi connectivity index (χ3n) is 9.48. The molecule has 0 aromatic rings. The SMILES string of the molecule is CCCC(=O)N(C=O)OC(=O)CCCCC(=O)OCCOCCON(C)C1OC(CO)C(OC2OC(CO)C(O)C(OC3OC(CO)C(O)C(O)C3O)C2O)C(O)C1O. The largest absolute Gasteiger partial charge is 0.463 e. The van der Waals surface area contributed by atoms with Gasteiger partial charge in [0.15, 0.2) is 18.8 Å². The van der Waals surface area contributed by atoms with Gasteiger partial charge in [-0.15, -0.1) is 5.06 Å². The summed E-state index contributed by atoms with van der Waals surface area (Å²) in [6.45, 7) is -0.960. The molecule has 3 rings (SSSR count). The lowest BCUT2D eigenvalue weighted by molar-refractivity contribution is -0.383. The van der Waals surface area contributed by atoms with Crippen LogP contribution in [0.3, 0.4) is 0 Å². The van der Waals surface area contributed by atoms with Gasteiger partial charge in [-0.1, -0.05) is 6.92 Å². The molecule has 15 unspecified atom stereocenters. The average molecular weight is 863 g/mol. The fourth-order valence-corrected chi connectivity index (χ4v) is 6.20. The predicted octanol–water partition coefficient (Wildman–Crippen LogP) is -6.34. The Morgan fingerprint density at radius 3 is 1.81 bits per heavy atom. The zero-order valence-corrected chi connectivity index (χ0v) is 32.6. The van der Waals surface area contributed by atoms with Crippen LogP contribution in [0.4, 0.5) is 0 Å². The number of hydrogen-bond acceptors (Lipinski definition) is 24. The summed E-state index contributed by atoms with van der Waals surface area (Å²) in [5.74, 6) is -1.99. The van der Waals surface area contributed by atoms with Gasteiger partial charge in [0, 0.05) is 26.3 Å². The topological polar surface area (TPSA) is 360 Å². The van der Waals surface area contributed by atoms with E-state index in [1.807, 2.05) is 0 Å². The summed E-state index contributed by atoms with van der Waals surface area (Å²) in [6.07, 6.45) is -24.5. The number of nitrogens with zero attached hydrogens (tertiary/aromatic N) is 2. The molecule has 15 atom stereocenters. The number of likely N-dealkylation sites (N-methyl/N-ethyl adjacent to an activating group) is 1. The molecule has 0 aliphatic carbocycles. The normalized spacial score (nSPS) is 35.0. The van der Waals surface area contributed by atoms with Gasteiger partial charge in [-0.25, -0.2) is 4.79 Å². The van der Waals surface area contributed by atoms with Gasteiger partial charge in [0.25, 0.3) is 12.3 Å². The van der Waals surface area contributed by atoms with E-state index in [-0.39, 0.29) is 64.9 Å². The smallest absolute Gasteiger partial charge is 0.333 e. The number of carbonyl (C=O) groups is 4. The van der Waals surface area contributed by atoms with E-state index in [2.05, 4.69) is 0 Å². The van der Waals surface area contributed by atoms with Crippen LogP contribution in [0, 0.1) is 0 Å². The molecule has 2 amide bonds. The highest BCUT2D eigenvalue weighted by molar-refractivity contribution is 5.86. The van der Waals surface area contributed by atoms with Crippen LogP contribution < -0.4 is 0 Å². The Hall–Kier alpha value is -2.64. The molecule has 342 valence electrons. The Morgan fingerprint density at radius 2 is 1.20 bits per heavy atom. The summed E-state index contributed by atoms with van der Waals surface area (Å²) in [7, 11) is 1.35. The highest BCUT2D eigenvalue weighted by atomic mass is 16.8. The second-order valence-electron chi connectivity index (χ2n) is 13.8. The van der Waals surface area contributed by atoms with Crippen LogP contribution in [0.2, 0.25) is 0 Å². The number of aliphatic hydroxyl groups is 10. The molecule has 3 aliphatic heterocycles. The lowest BCUT2D eigenvalue weighted by atomic mass is 9.95. The highest BCUT2D eigenvalue weighted by Gasteiger charge is 2.54. The van der Waals surface area contributed by atoms with E-state index in [0.717, 1.165) is 5.06 Å². The number of unbranched alkanes of at least 4 members (excludes halogenated alkanes) is 1. The molecule has 3 aliphatic rings. The Morgan fingerprint density at radius 1 is 0.627 bits per heavy atom. The number of carbonyl (C=O) groups excluding carboxylic acids is 4. The Balaban J connectivity index is 1.41. The second kappa shape index (κ2) is 25.3. The molecular formula is C34H58N2O23. The first-order valence-corrected chi connectivity index (χ1v) is 19.1. The monoisotopic (exact) mass is 862 g/mol. The molecule has 0 aromatic carbocycles. The Kier molecular flexibility index (Phi) is 21.8.